The minimum Gasteiger partial charge on any atom is -0.456 e. The van der Waals surface area contributed by atoms with Gasteiger partial charge in [-0.3, -0.25) is 0 Å². The molecular formula is C27H33BrClN3O4Si. The molecule has 37 heavy (non-hydrogen) atoms. The number of ether oxygens (including phenoxy) is 3. The Morgan fingerprint density at radius 1 is 1.14 bits per heavy atom. The van der Waals surface area contributed by atoms with E-state index in [2.05, 4.69) is 66.3 Å². The summed E-state index contributed by atoms with van der Waals surface area (Å²) in [4.78, 5) is 12.7. The van der Waals surface area contributed by atoms with Crippen molar-refractivity contribution in [2.45, 2.75) is 69.7 Å². The van der Waals surface area contributed by atoms with Crippen molar-refractivity contribution in [1.82, 2.24) is 15.0 Å². The lowest BCUT2D eigenvalue weighted by Gasteiger charge is -2.39. The summed E-state index contributed by atoms with van der Waals surface area (Å²) in [6.07, 6.45) is 1.61. The van der Waals surface area contributed by atoms with E-state index in [1.165, 1.54) is 0 Å². The molecule has 2 fully saturated rings. The van der Waals surface area contributed by atoms with Crippen LogP contribution in [0, 0.1) is 0 Å². The Kier molecular flexibility index (Phi) is 7.32. The molecule has 5 rings (SSSR count). The van der Waals surface area contributed by atoms with Crippen LogP contribution in [0.25, 0.3) is 22.4 Å². The molecular weight excluding hydrogens is 574 g/mol. The second kappa shape index (κ2) is 10.1. The van der Waals surface area contributed by atoms with Gasteiger partial charge >= 0.3 is 0 Å². The van der Waals surface area contributed by atoms with Gasteiger partial charge in [-0.25, -0.2) is 4.98 Å². The largest absolute Gasteiger partial charge is 0.456 e. The molecule has 0 saturated carbocycles. The zero-order valence-corrected chi connectivity index (χ0v) is 25.1. The highest BCUT2D eigenvalue weighted by Gasteiger charge is 2.52. The minimum absolute atomic E-state index is 0.0942. The molecule has 2 aromatic heterocycles. The molecule has 0 unspecified atom stereocenters. The van der Waals surface area contributed by atoms with Crippen molar-refractivity contribution >= 4 is 47.0 Å². The number of halogens is 2. The fourth-order valence-corrected chi connectivity index (χ4v) is 6.46. The SMILES string of the molecule is C=CCc1c(Cl)c(-c2ccc(Br)cc2)nc2nc(O[C@@H]3CO[C@H]4[C@@H]3OC[C@H]4O[Si](C)(C)C(C)(C)C)[nH]c12. The lowest BCUT2D eigenvalue weighted by atomic mass is 10.1. The fourth-order valence-electron chi connectivity index (χ4n) is 4.56. The number of fused-ring (bicyclic) bond motifs is 2. The average Bonchev–Trinajstić information content (AvgIpc) is 3.52. The number of benzene rings is 1. The fraction of sp³-hybridized carbons (Fsp3) is 0.481. The Hall–Kier alpha value is -1.75. The van der Waals surface area contributed by atoms with Crippen LogP contribution in [0.2, 0.25) is 23.2 Å². The molecule has 4 heterocycles. The zero-order valence-electron chi connectivity index (χ0n) is 21.8. The van der Waals surface area contributed by atoms with Crippen molar-refractivity contribution in [1.29, 1.82) is 0 Å². The number of aromatic amines is 1. The predicted octanol–water partition coefficient (Wildman–Crippen LogP) is 6.70. The van der Waals surface area contributed by atoms with Gasteiger partial charge in [0.2, 0.25) is 0 Å². The van der Waals surface area contributed by atoms with E-state index in [9.17, 15) is 0 Å². The molecule has 3 aromatic rings. The second-order valence-corrected chi connectivity index (χ2v) is 17.2. The van der Waals surface area contributed by atoms with Crippen LogP contribution in [0.3, 0.4) is 0 Å². The maximum Gasteiger partial charge on any atom is 0.296 e. The topological polar surface area (TPSA) is 78.5 Å². The molecule has 0 aliphatic carbocycles. The Balaban J connectivity index is 1.38. The molecule has 2 aliphatic heterocycles. The third-order valence-electron chi connectivity index (χ3n) is 7.60. The molecule has 0 amide bonds. The molecule has 198 valence electrons. The van der Waals surface area contributed by atoms with Crippen molar-refractivity contribution in [3.05, 3.63) is 52.0 Å². The van der Waals surface area contributed by atoms with Crippen LogP contribution in [0.4, 0.5) is 0 Å². The van der Waals surface area contributed by atoms with Gasteiger partial charge in [0.15, 0.2) is 20.1 Å². The van der Waals surface area contributed by atoms with Crippen LogP contribution < -0.4 is 4.74 Å². The van der Waals surface area contributed by atoms with Crippen LogP contribution in [-0.2, 0) is 20.3 Å². The average molecular weight is 607 g/mol. The van der Waals surface area contributed by atoms with Gasteiger partial charge in [0.05, 0.1) is 35.6 Å². The summed E-state index contributed by atoms with van der Waals surface area (Å²) in [5.74, 6) is 0. The van der Waals surface area contributed by atoms with E-state index < -0.39 is 8.32 Å². The number of pyridine rings is 1. The third kappa shape index (κ3) is 5.14. The number of allylic oxidation sites excluding steroid dienone is 1. The van der Waals surface area contributed by atoms with Crippen molar-refractivity contribution < 1.29 is 18.6 Å². The first-order valence-corrected chi connectivity index (χ1v) is 16.6. The highest BCUT2D eigenvalue weighted by atomic mass is 79.9. The summed E-state index contributed by atoms with van der Waals surface area (Å²) in [5.41, 5.74) is 3.73. The quantitative estimate of drug-likeness (QED) is 0.238. The zero-order chi connectivity index (χ0) is 26.5. The van der Waals surface area contributed by atoms with E-state index in [1.54, 1.807) is 0 Å². The van der Waals surface area contributed by atoms with Gasteiger partial charge in [-0.05, 0) is 36.7 Å². The lowest BCUT2D eigenvalue weighted by molar-refractivity contribution is 0.0116. The van der Waals surface area contributed by atoms with Gasteiger partial charge in [0.1, 0.15) is 12.2 Å². The smallest absolute Gasteiger partial charge is 0.296 e. The molecule has 0 radical (unpaired) electrons. The third-order valence-corrected chi connectivity index (χ3v) is 13.0. The second-order valence-electron chi connectivity index (χ2n) is 11.2. The molecule has 4 atom stereocenters. The van der Waals surface area contributed by atoms with E-state index in [0.29, 0.717) is 42.0 Å². The number of nitrogens with one attached hydrogen (secondary N) is 1. The number of H-pyrrole nitrogens is 1. The summed E-state index contributed by atoms with van der Waals surface area (Å²) in [6.45, 7) is 16.0. The molecule has 0 spiro atoms. The van der Waals surface area contributed by atoms with Crippen LogP contribution >= 0.6 is 27.5 Å². The first-order valence-electron chi connectivity index (χ1n) is 12.5. The van der Waals surface area contributed by atoms with Gasteiger partial charge in [-0.2, -0.15) is 4.98 Å². The number of aromatic nitrogens is 3. The minimum atomic E-state index is -1.96. The summed E-state index contributed by atoms with van der Waals surface area (Å²) in [5, 5.41) is 0.680. The lowest BCUT2D eigenvalue weighted by Crippen LogP contribution is -2.47. The molecule has 2 aliphatic rings. The maximum absolute atomic E-state index is 6.83. The Bertz CT molecular complexity index is 1310. The standard InChI is InChI=1S/C27H33BrClN3O4Si/c1-7-8-17-20(29)21(15-9-11-16(28)12-10-15)30-25-22(17)31-26(32-25)35-18-13-33-24-19(14-34-23(18)24)36-37(5,6)27(2,3)4/h7,9-12,18-19,23-24H,1,8,13-14H2,2-6H3,(H,30,31,32)/t18-,19-,23-,24-/m1/s1. The van der Waals surface area contributed by atoms with E-state index in [0.717, 1.165) is 21.1 Å². The van der Waals surface area contributed by atoms with Gasteiger partial charge in [-0.15, -0.1) is 6.58 Å². The molecule has 1 aromatic carbocycles. The van der Waals surface area contributed by atoms with Gasteiger partial charge < -0.3 is 23.6 Å². The normalized spacial score (nSPS) is 24.0. The highest BCUT2D eigenvalue weighted by molar-refractivity contribution is 9.10. The van der Waals surface area contributed by atoms with Gasteiger partial charge in [0, 0.05) is 15.6 Å². The predicted molar refractivity (Wildman–Crippen MR) is 152 cm³/mol. The van der Waals surface area contributed by atoms with Gasteiger partial charge in [0.25, 0.3) is 6.01 Å². The van der Waals surface area contributed by atoms with Crippen molar-refractivity contribution in [2.24, 2.45) is 0 Å². The summed E-state index contributed by atoms with van der Waals surface area (Å²) in [7, 11) is -1.96. The van der Waals surface area contributed by atoms with Gasteiger partial charge in [-0.1, -0.05) is 66.5 Å². The van der Waals surface area contributed by atoms with Crippen LogP contribution in [0.1, 0.15) is 26.3 Å². The van der Waals surface area contributed by atoms with E-state index >= 15 is 0 Å². The van der Waals surface area contributed by atoms with E-state index in [1.807, 2.05) is 30.3 Å². The van der Waals surface area contributed by atoms with E-state index in [4.69, 9.17) is 35.2 Å². The summed E-state index contributed by atoms with van der Waals surface area (Å²) >= 11 is 10.3. The number of rotatable bonds is 7. The Morgan fingerprint density at radius 2 is 1.78 bits per heavy atom. The highest BCUT2D eigenvalue weighted by Crippen LogP contribution is 2.41. The number of imidazole rings is 1. The molecule has 2 saturated heterocycles. The van der Waals surface area contributed by atoms with Crippen LogP contribution in [0.5, 0.6) is 6.01 Å². The number of hydrogen-bond acceptors (Lipinski definition) is 6. The Morgan fingerprint density at radius 3 is 2.43 bits per heavy atom. The van der Waals surface area contributed by atoms with Crippen LogP contribution in [-0.4, -0.2) is 60.9 Å². The van der Waals surface area contributed by atoms with Crippen molar-refractivity contribution in [3.63, 3.8) is 0 Å². The molecule has 0 bridgehead atoms. The monoisotopic (exact) mass is 605 g/mol. The summed E-state index contributed by atoms with van der Waals surface area (Å²) in [6, 6.07) is 8.24. The maximum atomic E-state index is 6.83. The van der Waals surface area contributed by atoms with E-state index in [-0.39, 0.29) is 29.5 Å². The first-order chi connectivity index (χ1) is 17.5. The van der Waals surface area contributed by atoms with Crippen molar-refractivity contribution in [3.8, 4) is 17.3 Å². The molecule has 10 heteroatoms. The molecule has 7 nitrogen and oxygen atoms in total. The van der Waals surface area contributed by atoms with Crippen molar-refractivity contribution in [2.75, 3.05) is 13.2 Å². The first kappa shape index (κ1) is 26.8. The molecule has 1 N–H and O–H groups in total. The summed E-state index contributed by atoms with van der Waals surface area (Å²) < 4.78 is 26.1. The number of hydrogen-bond donors (Lipinski definition) is 1. The van der Waals surface area contributed by atoms with Crippen LogP contribution in [0.15, 0.2) is 41.4 Å². The number of nitrogens with zero attached hydrogens (tertiary/aromatic N) is 2. The Labute approximate surface area is 232 Å².